The Hall–Kier alpha value is -1.98. The molecule has 0 atom stereocenters. The Bertz CT molecular complexity index is 427. The number of allylic oxidation sites excluding steroid dienone is 1. The van der Waals surface area contributed by atoms with Crippen LogP contribution in [-0.4, -0.2) is 19.3 Å². The topological polar surface area (TPSA) is 38.3 Å². The SMILES string of the molecule is COC(=O)C/C=C(/Nc1ccccc1)C(F)(F)F. The van der Waals surface area contributed by atoms with Crippen LogP contribution in [0.4, 0.5) is 18.9 Å². The average molecular weight is 259 g/mol. The van der Waals surface area contributed by atoms with Crippen LogP contribution in [-0.2, 0) is 9.53 Å². The highest BCUT2D eigenvalue weighted by atomic mass is 19.4. The first-order valence-electron chi connectivity index (χ1n) is 5.09. The Kier molecular flexibility index (Phi) is 4.76. The first-order chi connectivity index (χ1) is 8.43. The molecule has 0 saturated carbocycles. The Balaban J connectivity index is 2.83. The lowest BCUT2D eigenvalue weighted by Crippen LogP contribution is -2.19. The van der Waals surface area contributed by atoms with Crippen molar-refractivity contribution in [3.05, 3.63) is 42.1 Å². The molecular weight excluding hydrogens is 247 g/mol. The summed E-state index contributed by atoms with van der Waals surface area (Å²) < 4.78 is 42.3. The lowest BCUT2D eigenvalue weighted by molar-refractivity contribution is -0.139. The molecule has 0 spiro atoms. The van der Waals surface area contributed by atoms with E-state index in [1.807, 2.05) is 0 Å². The normalized spacial score (nSPS) is 12.1. The van der Waals surface area contributed by atoms with Crippen molar-refractivity contribution in [2.24, 2.45) is 0 Å². The molecule has 0 heterocycles. The summed E-state index contributed by atoms with van der Waals surface area (Å²) in [5.41, 5.74) is -0.690. The van der Waals surface area contributed by atoms with E-state index in [2.05, 4.69) is 10.1 Å². The van der Waals surface area contributed by atoms with Gasteiger partial charge in [0.2, 0.25) is 0 Å². The molecule has 1 rings (SSSR count). The zero-order valence-corrected chi connectivity index (χ0v) is 9.62. The minimum Gasteiger partial charge on any atom is -0.469 e. The first kappa shape index (κ1) is 14.1. The number of esters is 1. The quantitative estimate of drug-likeness (QED) is 0.844. The fourth-order valence-corrected chi connectivity index (χ4v) is 1.18. The molecule has 1 N–H and O–H groups in total. The molecule has 0 amide bonds. The van der Waals surface area contributed by atoms with Gasteiger partial charge in [0, 0.05) is 5.69 Å². The van der Waals surface area contributed by atoms with Crippen LogP contribution < -0.4 is 5.32 Å². The molecule has 1 aromatic rings. The number of benzene rings is 1. The molecule has 3 nitrogen and oxygen atoms in total. The summed E-state index contributed by atoms with van der Waals surface area (Å²) in [5.74, 6) is -0.730. The van der Waals surface area contributed by atoms with E-state index in [1.165, 1.54) is 12.1 Å². The van der Waals surface area contributed by atoms with E-state index in [9.17, 15) is 18.0 Å². The number of carbonyl (C=O) groups excluding carboxylic acids is 1. The summed E-state index contributed by atoms with van der Waals surface area (Å²) >= 11 is 0. The van der Waals surface area contributed by atoms with Gasteiger partial charge < -0.3 is 10.1 Å². The largest absolute Gasteiger partial charge is 0.469 e. The minimum absolute atomic E-state index is 0.297. The van der Waals surface area contributed by atoms with Crippen molar-refractivity contribution in [2.45, 2.75) is 12.6 Å². The number of hydrogen-bond donors (Lipinski definition) is 1. The van der Waals surface area contributed by atoms with E-state index in [0.29, 0.717) is 5.69 Å². The Labute approximate surface area is 102 Å². The predicted octanol–water partition coefficient (Wildman–Crippen LogP) is 3.11. The number of alkyl halides is 3. The monoisotopic (exact) mass is 259 g/mol. The second-order valence-corrected chi connectivity index (χ2v) is 3.39. The van der Waals surface area contributed by atoms with Crippen molar-refractivity contribution in [2.75, 3.05) is 12.4 Å². The molecule has 0 unspecified atom stereocenters. The van der Waals surface area contributed by atoms with Gasteiger partial charge in [-0.15, -0.1) is 0 Å². The third-order valence-corrected chi connectivity index (χ3v) is 2.06. The molecule has 0 saturated heterocycles. The highest BCUT2D eigenvalue weighted by Gasteiger charge is 2.33. The summed E-state index contributed by atoms with van der Waals surface area (Å²) in [6.45, 7) is 0. The van der Waals surface area contributed by atoms with Gasteiger partial charge in [-0.2, -0.15) is 13.2 Å². The number of rotatable bonds is 4. The number of carbonyl (C=O) groups is 1. The van der Waals surface area contributed by atoms with Crippen molar-refractivity contribution < 1.29 is 22.7 Å². The van der Waals surface area contributed by atoms with Crippen molar-refractivity contribution in [1.82, 2.24) is 0 Å². The number of ether oxygens (including phenoxy) is 1. The van der Waals surface area contributed by atoms with Crippen LogP contribution in [0.2, 0.25) is 0 Å². The molecular formula is C12H12F3NO2. The lowest BCUT2D eigenvalue weighted by Gasteiger charge is -2.14. The summed E-state index contributed by atoms with van der Waals surface area (Å²) in [6, 6.07) is 7.90. The summed E-state index contributed by atoms with van der Waals surface area (Å²) in [6.07, 6.45) is -4.23. The molecule has 1 aromatic carbocycles. The van der Waals surface area contributed by atoms with Gasteiger partial charge in [0.05, 0.1) is 13.5 Å². The third kappa shape index (κ3) is 4.48. The first-order valence-corrected chi connectivity index (χ1v) is 5.09. The van der Waals surface area contributed by atoms with Gasteiger partial charge in [0.25, 0.3) is 0 Å². The van der Waals surface area contributed by atoms with Gasteiger partial charge in [-0.3, -0.25) is 4.79 Å². The van der Waals surface area contributed by atoms with Crippen molar-refractivity contribution in [1.29, 1.82) is 0 Å². The highest BCUT2D eigenvalue weighted by molar-refractivity contribution is 5.71. The Morgan fingerprint density at radius 2 is 1.94 bits per heavy atom. The van der Waals surface area contributed by atoms with E-state index in [-0.39, 0.29) is 0 Å². The molecule has 0 bridgehead atoms. The molecule has 0 aromatic heterocycles. The highest BCUT2D eigenvalue weighted by Crippen LogP contribution is 2.27. The minimum atomic E-state index is -4.55. The Morgan fingerprint density at radius 1 is 1.33 bits per heavy atom. The molecule has 0 fully saturated rings. The van der Waals surface area contributed by atoms with E-state index in [0.717, 1.165) is 13.2 Å². The number of halogens is 3. The van der Waals surface area contributed by atoms with Crippen LogP contribution in [0.25, 0.3) is 0 Å². The van der Waals surface area contributed by atoms with Gasteiger partial charge in [-0.25, -0.2) is 0 Å². The molecule has 0 aliphatic heterocycles. The maximum atomic E-state index is 12.7. The smallest absolute Gasteiger partial charge is 0.430 e. The number of para-hydroxylation sites is 1. The summed E-state index contributed by atoms with van der Waals surface area (Å²) in [4.78, 5) is 10.8. The number of hydrogen-bond acceptors (Lipinski definition) is 3. The summed E-state index contributed by atoms with van der Waals surface area (Å²) in [5, 5.41) is 2.23. The van der Waals surface area contributed by atoms with Gasteiger partial charge in [0.15, 0.2) is 0 Å². The molecule has 0 radical (unpaired) electrons. The van der Waals surface area contributed by atoms with Gasteiger partial charge in [0.1, 0.15) is 5.70 Å². The maximum absolute atomic E-state index is 12.7. The fourth-order valence-electron chi connectivity index (χ4n) is 1.18. The van der Waals surface area contributed by atoms with Gasteiger partial charge >= 0.3 is 12.1 Å². The van der Waals surface area contributed by atoms with Crippen molar-refractivity contribution in [3.63, 3.8) is 0 Å². The van der Waals surface area contributed by atoms with Crippen LogP contribution in [0.1, 0.15) is 6.42 Å². The van der Waals surface area contributed by atoms with Crippen molar-refractivity contribution in [3.8, 4) is 0 Å². The lowest BCUT2D eigenvalue weighted by atomic mass is 10.2. The van der Waals surface area contributed by atoms with E-state index < -0.39 is 24.3 Å². The number of anilines is 1. The van der Waals surface area contributed by atoms with Gasteiger partial charge in [-0.1, -0.05) is 18.2 Å². The maximum Gasteiger partial charge on any atom is 0.430 e. The van der Waals surface area contributed by atoms with E-state index in [4.69, 9.17) is 0 Å². The van der Waals surface area contributed by atoms with E-state index >= 15 is 0 Å². The zero-order valence-electron chi connectivity index (χ0n) is 9.62. The molecule has 6 heteroatoms. The fraction of sp³-hybridized carbons (Fsp3) is 0.250. The summed E-state index contributed by atoms with van der Waals surface area (Å²) in [7, 11) is 1.12. The standard InChI is InChI=1S/C12H12F3NO2/c1-18-11(17)8-7-10(12(13,14)15)16-9-5-3-2-4-6-9/h2-7,16H,8H2,1H3/b10-7+. The second kappa shape index (κ2) is 6.09. The number of nitrogens with one attached hydrogen (secondary N) is 1. The molecule has 98 valence electrons. The zero-order chi connectivity index (χ0) is 13.6. The second-order valence-electron chi connectivity index (χ2n) is 3.39. The van der Waals surface area contributed by atoms with Gasteiger partial charge in [-0.05, 0) is 18.2 Å². The third-order valence-electron chi connectivity index (χ3n) is 2.06. The van der Waals surface area contributed by atoms with Crippen LogP contribution in [0.15, 0.2) is 42.1 Å². The van der Waals surface area contributed by atoms with Crippen molar-refractivity contribution >= 4 is 11.7 Å². The Morgan fingerprint density at radius 3 is 2.44 bits per heavy atom. The number of methoxy groups -OCH3 is 1. The molecule has 0 aliphatic carbocycles. The van der Waals surface area contributed by atoms with Crippen LogP contribution >= 0.6 is 0 Å². The van der Waals surface area contributed by atoms with E-state index in [1.54, 1.807) is 18.2 Å². The molecule has 0 aliphatic rings. The van der Waals surface area contributed by atoms with Crippen LogP contribution in [0.3, 0.4) is 0 Å². The average Bonchev–Trinajstić information content (AvgIpc) is 2.33. The predicted molar refractivity (Wildman–Crippen MR) is 60.8 cm³/mol. The molecule has 18 heavy (non-hydrogen) atoms. The van der Waals surface area contributed by atoms with Crippen LogP contribution in [0, 0.1) is 0 Å². The van der Waals surface area contributed by atoms with Crippen LogP contribution in [0.5, 0.6) is 0 Å².